The molecule has 1 unspecified atom stereocenters. The average Bonchev–Trinajstić information content (AvgIpc) is 3.31. The van der Waals surface area contributed by atoms with Gasteiger partial charge in [0, 0.05) is 24.2 Å². The Kier molecular flexibility index (Phi) is 5.89. The van der Waals surface area contributed by atoms with Crippen LogP contribution in [0.4, 0.5) is 0 Å². The van der Waals surface area contributed by atoms with E-state index in [1.54, 1.807) is 16.3 Å². The van der Waals surface area contributed by atoms with Crippen molar-refractivity contribution >= 4 is 23.2 Å². The highest BCUT2D eigenvalue weighted by Crippen LogP contribution is 2.23. The minimum Gasteiger partial charge on any atom is -0.451 e. The Hall–Kier alpha value is -3.00. The number of esters is 1. The quantitative estimate of drug-likeness (QED) is 0.645. The number of carbonyl (C=O) groups is 2. The number of hydrogen-bond acceptors (Lipinski definition) is 6. The number of amides is 1. The smallest absolute Gasteiger partial charge is 0.358 e. The van der Waals surface area contributed by atoms with E-state index in [1.165, 1.54) is 16.9 Å². The Bertz CT molecular complexity index is 1010. The van der Waals surface area contributed by atoms with Crippen LogP contribution in [0.5, 0.6) is 0 Å². The van der Waals surface area contributed by atoms with Crippen LogP contribution in [0, 0.1) is 13.8 Å². The molecule has 0 saturated heterocycles. The van der Waals surface area contributed by atoms with Gasteiger partial charge < -0.3 is 10.1 Å². The molecule has 1 atom stereocenters. The molecular formula is C20H22N4O3S. The highest BCUT2D eigenvalue weighted by molar-refractivity contribution is 7.13. The number of ether oxygens (including phenoxy) is 1. The average molecular weight is 398 g/mol. The summed E-state index contributed by atoms with van der Waals surface area (Å²) >= 11 is 1.32. The van der Waals surface area contributed by atoms with Gasteiger partial charge in [0.15, 0.2) is 12.3 Å². The van der Waals surface area contributed by atoms with Crippen molar-refractivity contribution < 1.29 is 14.3 Å². The van der Waals surface area contributed by atoms with Crippen molar-refractivity contribution in [2.75, 3.05) is 6.61 Å². The number of nitrogens with one attached hydrogen (secondary N) is 1. The van der Waals surface area contributed by atoms with Crippen LogP contribution in [-0.4, -0.2) is 33.2 Å². The molecule has 3 aromatic rings. The molecule has 0 fully saturated rings. The Morgan fingerprint density at radius 2 is 2.07 bits per heavy atom. The summed E-state index contributed by atoms with van der Waals surface area (Å²) in [7, 11) is 1.81. The topological polar surface area (TPSA) is 86.1 Å². The Labute approximate surface area is 167 Å². The SMILES string of the molecule is Cc1ccc(C(C)NC(=O)COC(=O)c2csc(-c3cnn(C)c3)n2)cc1C. The van der Waals surface area contributed by atoms with Gasteiger partial charge >= 0.3 is 5.97 Å². The summed E-state index contributed by atoms with van der Waals surface area (Å²) in [5.41, 5.74) is 4.37. The van der Waals surface area contributed by atoms with Crippen LogP contribution < -0.4 is 5.32 Å². The van der Waals surface area contributed by atoms with Gasteiger partial charge in [-0.3, -0.25) is 9.48 Å². The lowest BCUT2D eigenvalue weighted by molar-refractivity contribution is -0.124. The van der Waals surface area contributed by atoms with Crippen molar-refractivity contribution in [2.45, 2.75) is 26.8 Å². The third kappa shape index (κ3) is 4.64. The summed E-state index contributed by atoms with van der Waals surface area (Å²) in [5, 5.41) is 9.21. The van der Waals surface area contributed by atoms with Crippen LogP contribution >= 0.6 is 11.3 Å². The number of aromatic nitrogens is 3. The Morgan fingerprint density at radius 1 is 1.29 bits per heavy atom. The zero-order valence-electron chi connectivity index (χ0n) is 16.2. The van der Waals surface area contributed by atoms with E-state index in [-0.39, 0.29) is 24.2 Å². The number of carbonyl (C=O) groups excluding carboxylic acids is 2. The van der Waals surface area contributed by atoms with E-state index in [2.05, 4.69) is 15.4 Å². The first-order valence-electron chi connectivity index (χ1n) is 8.81. The minimum atomic E-state index is -0.625. The number of benzene rings is 1. The van der Waals surface area contributed by atoms with Crippen LogP contribution in [0.1, 0.15) is 40.1 Å². The predicted molar refractivity (Wildman–Crippen MR) is 107 cm³/mol. The van der Waals surface area contributed by atoms with Crippen molar-refractivity contribution in [3.63, 3.8) is 0 Å². The molecule has 2 aromatic heterocycles. The molecule has 2 heterocycles. The first kappa shape index (κ1) is 19.8. The van der Waals surface area contributed by atoms with E-state index in [1.807, 2.05) is 52.2 Å². The standard InChI is InChI=1S/C20H22N4O3S/c1-12-5-6-15(7-13(12)2)14(3)22-18(25)10-27-20(26)17-11-28-19(23-17)16-8-21-24(4)9-16/h5-9,11,14H,10H2,1-4H3,(H,22,25). The lowest BCUT2D eigenvalue weighted by Gasteiger charge is -2.15. The summed E-state index contributed by atoms with van der Waals surface area (Å²) in [4.78, 5) is 28.5. The number of rotatable bonds is 6. The number of hydrogen-bond donors (Lipinski definition) is 1. The van der Waals surface area contributed by atoms with Crippen molar-refractivity contribution in [3.8, 4) is 10.6 Å². The second-order valence-electron chi connectivity index (χ2n) is 6.65. The molecule has 0 bridgehead atoms. The van der Waals surface area contributed by atoms with E-state index in [9.17, 15) is 9.59 Å². The second-order valence-corrected chi connectivity index (χ2v) is 7.51. The van der Waals surface area contributed by atoms with Gasteiger partial charge in [0.05, 0.1) is 12.2 Å². The maximum absolute atomic E-state index is 12.2. The Balaban J connectivity index is 1.53. The zero-order valence-corrected chi connectivity index (χ0v) is 17.0. The van der Waals surface area contributed by atoms with Gasteiger partial charge in [0.2, 0.25) is 0 Å². The summed E-state index contributed by atoms with van der Waals surface area (Å²) in [6, 6.07) is 5.87. The van der Waals surface area contributed by atoms with Crippen molar-refractivity contribution in [3.05, 3.63) is 58.4 Å². The normalized spacial score (nSPS) is 11.9. The van der Waals surface area contributed by atoms with Gasteiger partial charge in [0.25, 0.3) is 5.91 Å². The molecule has 146 valence electrons. The monoisotopic (exact) mass is 398 g/mol. The third-order valence-corrected chi connectivity index (χ3v) is 5.30. The molecule has 0 aliphatic heterocycles. The van der Waals surface area contributed by atoms with E-state index in [0.29, 0.717) is 5.01 Å². The van der Waals surface area contributed by atoms with Gasteiger partial charge in [-0.25, -0.2) is 9.78 Å². The molecule has 3 rings (SSSR count). The fourth-order valence-electron chi connectivity index (χ4n) is 2.64. The van der Waals surface area contributed by atoms with Gasteiger partial charge in [0.1, 0.15) is 5.01 Å². The molecule has 0 saturated carbocycles. The molecule has 28 heavy (non-hydrogen) atoms. The van der Waals surface area contributed by atoms with E-state index < -0.39 is 5.97 Å². The van der Waals surface area contributed by atoms with Crippen LogP contribution in [0.3, 0.4) is 0 Å². The van der Waals surface area contributed by atoms with Crippen molar-refractivity contribution in [1.82, 2.24) is 20.1 Å². The molecule has 0 aliphatic carbocycles. The summed E-state index contributed by atoms with van der Waals surface area (Å²) < 4.78 is 6.76. The van der Waals surface area contributed by atoms with Crippen molar-refractivity contribution in [2.24, 2.45) is 7.05 Å². The summed E-state index contributed by atoms with van der Waals surface area (Å²) in [6.45, 7) is 5.61. The number of aryl methyl sites for hydroxylation is 3. The van der Waals surface area contributed by atoms with Gasteiger partial charge in [-0.2, -0.15) is 5.10 Å². The van der Waals surface area contributed by atoms with E-state index >= 15 is 0 Å². The van der Waals surface area contributed by atoms with Gasteiger partial charge in [-0.05, 0) is 37.5 Å². The predicted octanol–water partition coefficient (Wildman–Crippen LogP) is 3.19. The Morgan fingerprint density at radius 3 is 2.75 bits per heavy atom. The fourth-order valence-corrected chi connectivity index (χ4v) is 3.40. The van der Waals surface area contributed by atoms with Crippen LogP contribution in [0.15, 0.2) is 36.0 Å². The molecular weight excluding hydrogens is 376 g/mol. The molecule has 1 amide bonds. The lowest BCUT2D eigenvalue weighted by Crippen LogP contribution is -2.31. The largest absolute Gasteiger partial charge is 0.451 e. The maximum atomic E-state index is 12.2. The first-order valence-corrected chi connectivity index (χ1v) is 9.69. The van der Waals surface area contributed by atoms with Crippen LogP contribution in [0.25, 0.3) is 10.6 Å². The van der Waals surface area contributed by atoms with Crippen molar-refractivity contribution in [1.29, 1.82) is 0 Å². The molecule has 0 spiro atoms. The number of thiazole rings is 1. The molecule has 7 nitrogen and oxygen atoms in total. The summed E-state index contributed by atoms with van der Waals surface area (Å²) in [6.07, 6.45) is 3.49. The van der Waals surface area contributed by atoms with E-state index in [4.69, 9.17) is 4.74 Å². The lowest BCUT2D eigenvalue weighted by atomic mass is 10.0. The highest BCUT2D eigenvalue weighted by Gasteiger charge is 2.17. The van der Waals surface area contributed by atoms with Gasteiger partial charge in [-0.15, -0.1) is 11.3 Å². The fraction of sp³-hybridized carbons (Fsp3) is 0.300. The molecule has 0 aliphatic rings. The molecule has 8 heteroatoms. The number of nitrogens with zero attached hydrogens (tertiary/aromatic N) is 3. The second kappa shape index (κ2) is 8.35. The van der Waals surface area contributed by atoms with E-state index in [0.717, 1.165) is 16.7 Å². The minimum absolute atomic E-state index is 0.179. The van der Waals surface area contributed by atoms with Gasteiger partial charge in [-0.1, -0.05) is 18.2 Å². The zero-order chi connectivity index (χ0) is 20.3. The summed E-state index contributed by atoms with van der Waals surface area (Å²) in [5.74, 6) is -0.984. The first-order chi connectivity index (χ1) is 13.3. The van der Waals surface area contributed by atoms with Crippen LogP contribution in [0.2, 0.25) is 0 Å². The molecule has 1 aromatic carbocycles. The third-order valence-electron chi connectivity index (χ3n) is 4.41. The highest BCUT2D eigenvalue weighted by atomic mass is 32.1. The molecule has 1 N–H and O–H groups in total. The molecule has 0 radical (unpaired) electrons. The maximum Gasteiger partial charge on any atom is 0.358 e. The van der Waals surface area contributed by atoms with Crippen LogP contribution in [-0.2, 0) is 16.6 Å².